The molecule has 1 aromatic rings. The molecule has 0 aromatic carbocycles. The van der Waals surface area contributed by atoms with Crippen molar-refractivity contribution in [3.8, 4) is 0 Å². The van der Waals surface area contributed by atoms with Crippen LogP contribution in [0.25, 0.3) is 0 Å². The predicted octanol–water partition coefficient (Wildman–Crippen LogP) is 3.47. The summed E-state index contributed by atoms with van der Waals surface area (Å²) in [7, 11) is 1.74. The Morgan fingerprint density at radius 2 is 2.14 bits per heavy atom. The first-order valence-electron chi connectivity index (χ1n) is 8.35. The number of nitrogens with one attached hydrogen (secondary N) is 1. The maximum absolute atomic E-state index is 12.8. The molecule has 1 heterocycles. The van der Waals surface area contributed by atoms with E-state index in [-0.39, 0.29) is 24.2 Å². The van der Waals surface area contributed by atoms with Gasteiger partial charge in [-0.1, -0.05) is 12.8 Å². The minimum atomic E-state index is -0.0351. The van der Waals surface area contributed by atoms with E-state index in [4.69, 9.17) is 9.15 Å². The van der Waals surface area contributed by atoms with Crippen LogP contribution in [0.4, 0.5) is 4.79 Å². The van der Waals surface area contributed by atoms with E-state index in [2.05, 4.69) is 5.32 Å². The molecular formula is C17H26N2O3. The Morgan fingerprint density at radius 1 is 1.36 bits per heavy atom. The molecule has 0 unspecified atom stereocenters. The van der Waals surface area contributed by atoms with Crippen molar-refractivity contribution in [2.45, 2.75) is 69.7 Å². The molecule has 5 nitrogen and oxygen atoms in total. The summed E-state index contributed by atoms with van der Waals surface area (Å²) in [4.78, 5) is 14.8. The fourth-order valence-corrected chi connectivity index (χ4v) is 3.45. The van der Waals surface area contributed by atoms with Gasteiger partial charge in [-0.25, -0.2) is 4.79 Å². The number of carbonyl (C=O) groups is 1. The summed E-state index contributed by atoms with van der Waals surface area (Å²) < 4.78 is 11.0. The van der Waals surface area contributed by atoms with Gasteiger partial charge in [-0.15, -0.1) is 0 Å². The molecule has 2 fully saturated rings. The number of hydrogen-bond acceptors (Lipinski definition) is 3. The maximum Gasteiger partial charge on any atom is 0.318 e. The zero-order valence-corrected chi connectivity index (χ0v) is 13.5. The van der Waals surface area contributed by atoms with Crippen molar-refractivity contribution in [3.05, 3.63) is 24.2 Å². The van der Waals surface area contributed by atoms with Crippen LogP contribution < -0.4 is 5.32 Å². The average Bonchev–Trinajstić information content (AvgIpc) is 3.19. The molecule has 1 N–H and O–H groups in total. The number of carbonyl (C=O) groups excluding carboxylic acids is 1. The second-order valence-corrected chi connectivity index (χ2v) is 6.44. The van der Waals surface area contributed by atoms with E-state index in [1.165, 1.54) is 6.42 Å². The van der Waals surface area contributed by atoms with E-state index in [9.17, 15) is 4.79 Å². The summed E-state index contributed by atoms with van der Waals surface area (Å²) in [5, 5.41) is 3.20. The van der Waals surface area contributed by atoms with Crippen LogP contribution in [0, 0.1) is 0 Å². The average molecular weight is 306 g/mol. The van der Waals surface area contributed by atoms with Gasteiger partial charge in [-0.05, 0) is 44.7 Å². The Morgan fingerprint density at radius 3 is 2.77 bits per heavy atom. The molecule has 0 bridgehead atoms. The molecule has 0 saturated heterocycles. The molecule has 2 aliphatic rings. The Labute approximate surface area is 132 Å². The fraction of sp³-hybridized carbons (Fsp3) is 0.706. The van der Waals surface area contributed by atoms with Crippen molar-refractivity contribution in [3.63, 3.8) is 0 Å². The molecular weight excluding hydrogens is 280 g/mol. The molecule has 5 heteroatoms. The Kier molecular flexibility index (Phi) is 4.71. The number of urea groups is 1. The van der Waals surface area contributed by atoms with Crippen LogP contribution in [0.5, 0.6) is 0 Å². The minimum Gasteiger partial charge on any atom is -0.467 e. The maximum atomic E-state index is 12.8. The molecule has 2 aliphatic carbocycles. The van der Waals surface area contributed by atoms with Gasteiger partial charge in [0.05, 0.1) is 24.5 Å². The molecule has 0 aliphatic heterocycles. The van der Waals surface area contributed by atoms with E-state index >= 15 is 0 Å². The second-order valence-electron chi connectivity index (χ2n) is 6.44. The van der Waals surface area contributed by atoms with Crippen molar-refractivity contribution in [2.24, 2.45) is 0 Å². The summed E-state index contributed by atoms with van der Waals surface area (Å²) >= 11 is 0. The highest BCUT2D eigenvalue weighted by atomic mass is 16.5. The van der Waals surface area contributed by atoms with Crippen molar-refractivity contribution in [1.29, 1.82) is 0 Å². The summed E-state index contributed by atoms with van der Waals surface area (Å²) in [6.07, 6.45) is 8.32. The van der Waals surface area contributed by atoms with Gasteiger partial charge in [-0.2, -0.15) is 0 Å². The van der Waals surface area contributed by atoms with Crippen molar-refractivity contribution in [2.75, 3.05) is 7.11 Å². The Balaban J connectivity index is 1.67. The second kappa shape index (κ2) is 6.73. The first kappa shape index (κ1) is 15.4. The van der Waals surface area contributed by atoms with Crippen LogP contribution in [0.3, 0.4) is 0 Å². The van der Waals surface area contributed by atoms with E-state index in [0.29, 0.717) is 6.04 Å². The van der Waals surface area contributed by atoms with Gasteiger partial charge in [0.1, 0.15) is 5.76 Å². The lowest BCUT2D eigenvalue weighted by Crippen LogP contribution is -2.52. The number of hydrogen-bond donors (Lipinski definition) is 1. The van der Waals surface area contributed by atoms with E-state index < -0.39 is 0 Å². The minimum absolute atomic E-state index is 0.0142. The van der Waals surface area contributed by atoms with E-state index in [1.807, 2.05) is 24.0 Å². The molecule has 2 saturated carbocycles. The molecule has 122 valence electrons. The molecule has 22 heavy (non-hydrogen) atoms. The number of furan rings is 1. The third-order valence-corrected chi connectivity index (χ3v) is 4.86. The highest BCUT2D eigenvalue weighted by Crippen LogP contribution is 2.34. The van der Waals surface area contributed by atoms with Gasteiger partial charge in [-0.3, -0.25) is 0 Å². The smallest absolute Gasteiger partial charge is 0.318 e. The summed E-state index contributed by atoms with van der Waals surface area (Å²) in [6.45, 7) is 2.03. The molecule has 0 spiro atoms. The molecule has 0 radical (unpaired) electrons. The molecule has 3 atom stereocenters. The zero-order chi connectivity index (χ0) is 15.5. The third kappa shape index (κ3) is 3.29. The van der Waals surface area contributed by atoms with Gasteiger partial charge in [0.2, 0.25) is 0 Å². The number of amides is 2. The Bertz CT molecular complexity index is 484. The molecule has 3 rings (SSSR count). The normalized spacial score (nSPS) is 26.5. The van der Waals surface area contributed by atoms with Crippen LogP contribution in [0.1, 0.15) is 57.3 Å². The standard InChI is InChI=1S/C17H26N2O3/c1-12(15-8-5-11-22-15)19(13-9-10-13)17(20)18-14-6-3-4-7-16(14)21-2/h5,8,11-14,16H,3-4,6-7,9-10H2,1-2H3,(H,18,20)/t12-,14-,16-/m1/s1. The van der Waals surface area contributed by atoms with Gasteiger partial charge in [0, 0.05) is 13.2 Å². The summed E-state index contributed by atoms with van der Waals surface area (Å²) in [5.74, 6) is 0.842. The number of ether oxygens (including phenoxy) is 1. The lowest BCUT2D eigenvalue weighted by atomic mass is 9.92. The van der Waals surface area contributed by atoms with Crippen molar-refractivity contribution < 1.29 is 13.9 Å². The monoisotopic (exact) mass is 306 g/mol. The fourth-order valence-electron chi connectivity index (χ4n) is 3.45. The van der Waals surface area contributed by atoms with Gasteiger partial charge >= 0.3 is 6.03 Å². The summed E-state index contributed by atoms with van der Waals surface area (Å²) in [5.41, 5.74) is 0. The Hall–Kier alpha value is -1.49. The number of nitrogens with zero attached hydrogens (tertiary/aromatic N) is 1. The summed E-state index contributed by atoms with van der Waals surface area (Å²) in [6, 6.07) is 4.25. The first-order chi connectivity index (χ1) is 10.7. The third-order valence-electron chi connectivity index (χ3n) is 4.86. The van der Waals surface area contributed by atoms with Gasteiger partial charge in [0.25, 0.3) is 0 Å². The van der Waals surface area contributed by atoms with Crippen LogP contribution in [-0.2, 0) is 4.74 Å². The van der Waals surface area contributed by atoms with Crippen LogP contribution in [0.2, 0.25) is 0 Å². The largest absolute Gasteiger partial charge is 0.467 e. The van der Waals surface area contributed by atoms with E-state index in [0.717, 1.165) is 37.9 Å². The van der Waals surface area contributed by atoms with Crippen LogP contribution in [0.15, 0.2) is 22.8 Å². The zero-order valence-electron chi connectivity index (χ0n) is 13.5. The first-order valence-corrected chi connectivity index (χ1v) is 8.35. The SMILES string of the molecule is CO[C@@H]1CCCC[C@H]1NC(=O)N(C1CC1)[C@H](C)c1ccco1. The van der Waals surface area contributed by atoms with Crippen LogP contribution in [-0.4, -0.2) is 36.2 Å². The number of rotatable bonds is 5. The van der Waals surface area contributed by atoms with Gasteiger partial charge in [0.15, 0.2) is 0 Å². The topological polar surface area (TPSA) is 54.7 Å². The quantitative estimate of drug-likeness (QED) is 0.906. The van der Waals surface area contributed by atoms with Crippen molar-refractivity contribution in [1.82, 2.24) is 10.2 Å². The highest BCUT2D eigenvalue weighted by molar-refractivity contribution is 5.75. The van der Waals surface area contributed by atoms with E-state index in [1.54, 1.807) is 13.4 Å². The molecule has 2 amide bonds. The van der Waals surface area contributed by atoms with Crippen molar-refractivity contribution >= 4 is 6.03 Å². The highest BCUT2D eigenvalue weighted by Gasteiger charge is 2.38. The lowest BCUT2D eigenvalue weighted by Gasteiger charge is -2.35. The van der Waals surface area contributed by atoms with Crippen LogP contribution >= 0.6 is 0 Å². The predicted molar refractivity (Wildman–Crippen MR) is 83.6 cm³/mol. The van der Waals surface area contributed by atoms with Gasteiger partial charge < -0.3 is 19.4 Å². The number of methoxy groups -OCH3 is 1. The lowest BCUT2D eigenvalue weighted by molar-refractivity contribution is 0.0417. The molecule has 1 aromatic heterocycles.